The Balaban J connectivity index is 1.93. The van der Waals surface area contributed by atoms with Crippen LogP contribution in [0.2, 0.25) is 0 Å². The summed E-state index contributed by atoms with van der Waals surface area (Å²) < 4.78 is 0. The van der Waals surface area contributed by atoms with E-state index in [4.69, 9.17) is 0 Å². The molecule has 2 rings (SSSR count). The number of rotatable bonds is 6. The molecule has 1 saturated carbocycles. The standard InChI is InChI=1S/C17H26N2O2/c1-18-17(16(20)21)11-6-9-15(13-17)19(2)12-10-14-7-4-3-5-8-14/h3-5,7-8,15,18H,6,9-13H2,1-2H3,(H,20,21). The number of benzene rings is 1. The molecule has 2 atom stereocenters. The van der Waals surface area contributed by atoms with Gasteiger partial charge in [0.1, 0.15) is 5.54 Å². The second kappa shape index (κ2) is 7.05. The van der Waals surface area contributed by atoms with Crippen molar-refractivity contribution in [1.82, 2.24) is 10.2 Å². The van der Waals surface area contributed by atoms with Crippen LogP contribution in [0.15, 0.2) is 30.3 Å². The molecule has 1 aliphatic carbocycles. The number of hydrogen-bond acceptors (Lipinski definition) is 3. The molecule has 0 spiro atoms. The van der Waals surface area contributed by atoms with Crippen LogP contribution in [-0.4, -0.2) is 48.2 Å². The first-order chi connectivity index (χ1) is 10.1. The lowest BCUT2D eigenvalue weighted by Crippen LogP contribution is -2.56. The van der Waals surface area contributed by atoms with E-state index in [1.807, 2.05) is 6.07 Å². The van der Waals surface area contributed by atoms with E-state index in [0.717, 1.165) is 32.2 Å². The third-order valence-electron chi connectivity index (χ3n) is 4.83. The van der Waals surface area contributed by atoms with Crippen molar-refractivity contribution in [3.63, 3.8) is 0 Å². The van der Waals surface area contributed by atoms with Gasteiger partial charge in [0.2, 0.25) is 0 Å². The molecule has 116 valence electrons. The van der Waals surface area contributed by atoms with E-state index in [0.29, 0.717) is 12.5 Å². The third-order valence-corrected chi connectivity index (χ3v) is 4.83. The molecule has 0 amide bonds. The predicted molar refractivity (Wildman–Crippen MR) is 84.5 cm³/mol. The average Bonchev–Trinajstić information content (AvgIpc) is 2.53. The fraction of sp³-hybridized carbons (Fsp3) is 0.588. The maximum atomic E-state index is 11.6. The third kappa shape index (κ3) is 3.83. The Bertz CT molecular complexity index is 463. The molecule has 0 heterocycles. The maximum absolute atomic E-state index is 11.6. The number of carboxylic acids is 1. The van der Waals surface area contributed by atoms with E-state index < -0.39 is 11.5 Å². The van der Waals surface area contributed by atoms with Crippen molar-refractivity contribution in [1.29, 1.82) is 0 Å². The molecule has 0 saturated heterocycles. The first-order valence-corrected chi connectivity index (χ1v) is 7.74. The van der Waals surface area contributed by atoms with E-state index in [-0.39, 0.29) is 0 Å². The van der Waals surface area contributed by atoms with Gasteiger partial charge in [-0.15, -0.1) is 0 Å². The summed E-state index contributed by atoms with van der Waals surface area (Å²) in [7, 11) is 3.88. The summed E-state index contributed by atoms with van der Waals surface area (Å²) in [5.74, 6) is -0.717. The van der Waals surface area contributed by atoms with Crippen molar-refractivity contribution in [3.8, 4) is 0 Å². The Labute approximate surface area is 127 Å². The van der Waals surface area contributed by atoms with Gasteiger partial charge in [0.15, 0.2) is 0 Å². The van der Waals surface area contributed by atoms with Gasteiger partial charge in [0.25, 0.3) is 0 Å². The van der Waals surface area contributed by atoms with Crippen molar-refractivity contribution >= 4 is 5.97 Å². The lowest BCUT2D eigenvalue weighted by atomic mass is 9.78. The Morgan fingerprint density at radius 2 is 2.14 bits per heavy atom. The van der Waals surface area contributed by atoms with Crippen LogP contribution < -0.4 is 5.32 Å². The largest absolute Gasteiger partial charge is 0.480 e. The van der Waals surface area contributed by atoms with Crippen molar-refractivity contribution in [2.45, 2.75) is 43.7 Å². The molecule has 1 aromatic rings. The molecule has 0 bridgehead atoms. The van der Waals surface area contributed by atoms with Crippen LogP contribution in [0.3, 0.4) is 0 Å². The SMILES string of the molecule is CNC1(C(=O)O)CCCC(N(C)CCc2ccccc2)C1. The number of aliphatic carboxylic acids is 1. The van der Waals surface area contributed by atoms with Gasteiger partial charge in [-0.25, -0.2) is 0 Å². The summed E-state index contributed by atoms with van der Waals surface area (Å²) in [5, 5.41) is 12.6. The van der Waals surface area contributed by atoms with Crippen LogP contribution in [0.1, 0.15) is 31.2 Å². The highest BCUT2D eigenvalue weighted by atomic mass is 16.4. The van der Waals surface area contributed by atoms with Crippen LogP contribution in [0, 0.1) is 0 Å². The molecule has 21 heavy (non-hydrogen) atoms. The normalized spacial score (nSPS) is 26.0. The van der Waals surface area contributed by atoms with Crippen molar-refractivity contribution in [2.24, 2.45) is 0 Å². The quantitative estimate of drug-likeness (QED) is 0.843. The molecular formula is C17H26N2O2. The summed E-state index contributed by atoms with van der Waals surface area (Å²) in [6, 6.07) is 10.8. The monoisotopic (exact) mass is 290 g/mol. The van der Waals surface area contributed by atoms with Crippen LogP contribution in [0.4, 0.5) is 0 Å². The van der Waals surface area contributed by atoms with Crippen LogP contribution >= 0.6 is 0 Å². The predicted octanol–water partition coefficient (Wildman–Crippen LogP) is 2.15. The van der Waals surface area contributed by atoms with Gasteiger partial charge >= 0.3 is 5.97 Å². The summed E-state index contributed by atoms with van der Waals surface area (Å²) in [6.45, 7) is 0.966. The maximum Gasteiger partial charge on any atom is 0.323 e. The Morgan fingerprint density at radius 1 is 1.43 bits per heavy atom. The van der Waals surface area contributed by atoms with Gasteiger partial charge in [-0.1, -0.05) is 30.3 Å². The summed E-state index contributed by atoms with van der Waals surface area (Å²) in [4.78, 5) is 13.9. The highest BCUT2D eigenvalue weighted by molar-refractivity contribution is 5.79. The molecule has 0 aromatic heterocycles. The number of carboxylic acid groups (broad SMARTS) is 1. The number of hydrogen-bond donors (Lipinski definition) is 2. The molecule has 0 radical (unpaired) electrons. The number of carbonyl (C=O) groups is 1. The zero-order valence-electron chi connectivity index (χ0n) is 13.0. The fourth-order valence-corrected chi connectivity index (χ4v) is 3.28. The highest BCUT2D eigenvalue weighted by Crippen LogP contribution is 2.31. The Morgan fingerprint density at radius 3 is 2.76 bits per heavy atom. The van der Waals surface area contributed by atoms with E-state index in [9.17, 15) is 9.90 Å². The molecule has 2 unspecified atom stereocenters. The van der Waals surface area contributed by atoms with Crippen molar-refractivity contribution in [3.05, 3.63) is 35.9 Å². The highest BCUT2D eigenvalue weighted by Gasteiger charge is 2.42. The topological polar surface area (TPSA) is 52.6 Å². The number of likely N-dealkylation sites (N-methyl/N-ethyl adjacent to an activating group) is 2. The lowest BCUT2D eigenvalue weighted by molar-refractivity contribution is -0.147. The summed E-state index contributed by atoms with van der Waals surface area (Å²) >= 11 is 0. The average molecular weight is 290 g/mol. The molecular weight excluding hydrogens is 264 g/mol. The van der Waals surface area contributed by atoms with Crippen LogP contribution in [0.25, 0.3) is 0 Å². The van der Waals surface area contributed by atoms with E-state index in [1.165, 1.54) is 5.56 Å². The summed E-state index contributed by atoms with van der Waals surface area (Å²) in [6.07, 6.45) is 4.47. The smallest absolute Gasteiger partial charge is 0.323 e. The molecule has 1 fully saturated rings. The molecule has 1 aliphatic rings. The van der Waals surface area contributed by atoms with E-state index in [1.54, 1.807) is 7.05 Å². The van der Waals surface area contributed by atoms with E-state index in [2.05, 4.69) is 41.5 Å². The summed E-state index contributed by atoms with van der Waals surface area (Å²) in [5.41, 5.74) is 0.586. The molecule has 2 N–H and O–H groups in total. The van der Waals surface area contributed by atoms with Crippen LogP contribution in [-0.2, 0) is 11.2 Å². The number of nitrogens with one attached hydrogen (secondary N) is 1. The number of nitrogens with zero attached hydrogens (tertiary/aromatic N) is 1. The molecule has 0 aliphatic heterocycles. The first kappa shape index (κ1) is 16.0. The van der Waals surface area contributed by atoms with Gasteiger partial charge in [0.05, 0.1) is 0 Å². The van der Waals surface area contributed by atoms with Gasteiger partial charge in [-0.2, -0.15) is 0 Å². The van der Waals surface area contributed by atoms with Gasteiger partial charge in [-0.3, -0.25) is 4.79 Å². The lowest BCUT2D eigenvalue weighted by Gasteiger charge is -2.41. The Kier molecular flexibility index (Phi) is 5.37. The van der Waals surface area contributed by atoms with Gasteiger partial charge in [0, 0.05) is 12.6 Å². The van der Waals surface area contributed by atoms with Gasteiger partial charge in [-0.05, 0) is 51.8 Å². The first-order valence-electron chi connectivity index (χ1n) is 7.74. The van der Waals surface area contributed by atoms with Crippen LogP contribution in [0.5, 0.6) is 0 Å². The van der Waals surface area contributed by atoms with Gasteiger partial charge < -0.3 is 15.3 Å². The van der Waals surface area contributed by atoms with Crippen molar-refractivity contribution in [2.75, 3.05) is 20.6 Å². The minimum atomic E-state index is -0.746. The minimum Gasteiger partial charge on any atom is -0.480 e. The minimum absolute atomic E-state index is 0.339. The zero-order valence-corrected chi connectivity index (χ0v) is 13.0. The second-order valence-electron chi connectivity index (χ2n) is 6.10. The van der Waals surface area contributed by atoms with E-state index >= 15 is 0 Å². The molecule has 4 nitrogen and oxygen atoms in total. The second-order valence-corrected chi connectivity index (χ2v) is 6.10. The fourth-order valence-electron chi connectivity index (χ4n) is 3.28. The molecule has 1 aromatic carbocycles. The Hall–Kier alpha value is -1.39. The zero-order chi connectivity index (χ0) is 15.3. The van der Waals surface area contributed by atoms with Crippen molar-refractivity contribution < 1.29 is 9.90 Å². The molecule has 4 heteroatoms.